The molecular weight excluding hydrogens is 364 g/mol. The van der Waals surface area contributed by atoms with E-state index in [1.165, 1.54) is 20.5 Å². The van der Waals surface area contributed by atoms with E-state index in [1.807, 2.05) is 18.2 Å². The molecular formula is C17H15BrOS2. The van der Waals surface area contributed by atoms with Gasteiger partial charge in [0.2, 0.25) is 0 Å². The molecule has 3 rings (SSSR count). The van der Waals surface area contributed by atoms with Crippen molar-refractivity contribution < 1.29 is 5.11 Å². The lowest BCUT2D eigenvalue weighted by Gasteiger charge is -2.10. The first kappa shape index (κ1) is 15.1. The molecule has 1 atom stereocenters. The van der Waals surface area contributed by atoms with Gasteiger partial charge in [0, 0.05) is 26.2 Å². The lowest BCUT2D eigenvalue weighted by Crippen LogP contribution is -2.13. The van der Waals surface area contributed by atoms with Crippen molar-refractivity contribution in [2.24, 2.45) is 0 Å². The van der Waals surface area contributed by atoms with E-state index in [1.54, 1.807) is 23.1 Å². The van der Waals surface area contributed by atoms with Crippen LogP contribution in [0.4, 0.5) is 0 Å². The van der Waals surface area contributed by atoms with E-state index in [2.05, 4.69) is 51.6 Å². The minimum atomic E-state index is -0.333. The molecule has 0 saturated heterocycles. The molecule has 0 radical (unpaired) electrons. The second-order valence-corrected chi connectivity index (χ2v) is 7.68. The number of thiophene rings is 1. The topological polar surface area (TPSA) is 20.2 Å². The highest BCUT2D eigenvalue weighted by Crippen LogP contribution is 2.30. The quantitative estimate of drug-likeness (QED) is 0.603. The van der Waals surface area contributed by atoms with Crippen molar-refractivity contribution in [3.05, 3.63) is 63.9 Å². The van der Waals surface area contributed by atoms with Crippen molar-refractivity contribution in [2.75, 3.05) is 5.75 Å². The van der Waals surface area contributed by atoms with Gasteiger partial charge in [-0.3, -0.25) is 0 Å². The fourth-order valence-electron chi connectivity index (χ4n) is 2.25. The van der Waals surface area contributed by atoms with E-state index in [0.29, 0.717) is 12.2 Å². The van der Waals surface area contributed by atoms with Crippen LogP contribution >= 0.6 is 39.0 Å². The molecule has 0 aliphatic rings. The highest BCUT2D eigenvalue weighted by molar-refractivity contribution is 9.10. The third-order valence-corrected chi connectivity index (χ3v) is 6.47. The summed E-state index contributed by atoms with van der Waals surface area (Å²) in [5.74, 6) is 0.701. The van der Waals surface area contributed by atoms with Crippen molar-refractivity contribution in [2.45, 2.75) is 17.4 Å². The molecule has 108 valence electrons. The number of aliphatic hydroxyl groups is 1. The molecule has 4 heteroatoms. The number of hydrogen-bond acceptors (Lipinski definition) is 3. The van der Waals surface area contributed by atoms with Gasteiger partial charge in [-0.2, -0.15) is 0 Å². The molecule has 0 fully saturated rings. The van der Waals surface area contributed by atoms with E-state index in [9.17, 15) is 5.11 Å². The monoisotopic (exact) mass is 378 g/mol. The van der Waals surface area contributed by atoms with Crippen LogP contribution < -0.4 is 0 Å². The Balaban J connectivity index is 1.64. The summed E-state index contributed by atoms with van der Waals surface area (Å²) in [6, 6.07) is 16.5. The van der Waals surface area contributed by atoms with E-state index in [-0.39, 0.29) is 6.10 Å². The highest BCUT2D eigenvalue weighted by atomic mass is 79.9. The molecule has 1 nitrogen and oxygen atoms in total. The van der Waals surface area contributed by atoms with Gasteiger partial charge < -0.3 is 5.11 Å². The predicted molar refractivity (Wildman–Crippen MR) is 96.4 cm³/mol. The Hall–Kier alpha value is -0.810. The van der Waals surface area contributed by atoms with E-state index in [0.717, 1.165) is 4.47 Å². The summed E-state index contributed by atoms with van der Waals surface area (Å²) in [6.45, 7) is 0. The number of thioether (sulfide) groups is 1. The summed E-state index contributed by atoms with van der Waals surface area (Å²) in [5, 5.41) is 13.7. The second kappa shape index (κ2) is 6.97. The highest BCUT2D eigenvalue weighted by Gasteiger charge is 2.11. The van der Waals surface area contributed by atoms with Gasteiger partial charge in [0.15, 0.2) is 0 Å². The number of fused-ring (bicyclic) bond motifs is 1. The van der Waals surface area contributed by atoms with Crippen LogP contribution in [0.15, 0.2) is 63.3 Å². The summed E-state index contributed by atoms with van der Waals surface area (Å²) in [4.78, 5) is 1.17. The first-order valence-electron chi connectivity index (χ1n) is 6.74. The first-order chi connectivity index (χ1) is 10.2. The van der Waals surface area contributed by atoms with Crippen LogP contribution in [0.5, 0.6) is 0 Å². The number of hydrogen-bond donors (Lipinski definition) is 1. The summed E-state index contributed by atoms with van der Waals surface area (Å²) < 4.78 is 2.38. The number of halogens is 1. The molecule has 1 aromatic heterocycles. The molecule has 21 heavy (non-hydrogen) atoms. The zero-order valence-electron chi connectivity index (χ0n) is 11.3. The Kier molecular flexibility index (Phi) is 5.01. The maximum absolute atomic E-state index is 10.3. The average Bonchev–Trinajstić information content (AvgIpc) is 2.90. The Bertz CT molecular complexity index is 738. The van der Waals surface area contributed by atoms with Crippen LogP contribution in [0.1, 0.15) is 5.56 Å². The third-order valence-electron chi connectivity index (χ3n) is 3.28. The molecule has 0 saturated carbocycles. The molecule has 0 bridgehead atoms. The van der Waals surface area contributed by atoms with Gasteiger partial charge in [0.25, 0.3) is 0 Å². The van der Waals surface area contributed by atoms with Crippen molar-refractivity contribution in [1.29, 1.82) is 0 Å². The zero-order valence-corrected chi connectivity index (χ0v) is 14.5. The third kappa shape index (κ3) is 3.69. The standard InChI is InChI=1S/C17H15BrOS2/c18-15-6-2-4-8-17(15)21-11-13(19)9-12-10-20-16-7-3-1-5-14(12)16/h1-8,10,13,19H,9,11H2. The Labute approximate surface area is 141 Å². The number of benzene rings is 2. The fourth-order valence-corrected chi connectivity index (χ4v) is 4.73. The molecule has 0 spiro atoms. The van der Waals surface area contributed by atoms with Gasteiger partial charge in [0.1, 0.15) is 0 Å². The van der Waals surface area contributed by atoms with Gasteiger partial charge in [0.05, 0.1) is 6.10 Å². The van der Waals surface area contributed by atoms with Gasteiger partial charge in [-0.05, 0) is 50.5 Å². The van der Waals surface area contributed by atoms with E-state index in [4.69, 9.17) is 0 Å². The van der Waals surface area contributed by atoms with Crippen LogP contribution in [0.2, 0.25) is 0 Å². The van der Waals surface area contributed by atoms with Crippen LogP contribution in [0, 0.1) is 0 Å². The molecule has 0 aliphatic carbocycles. The SMILES string of the molecule is OC(CSc1ccccc1Br)Cc1csc2ccccc12. The van der Waals surface area contributed by atoms with Crippen LogP contribution in [0.3, 0.4) is 0 Å². The Morgan fingerprint density at radius 3 is 2.71 bits per heavy atom. The second-order valence-electron chi connectivity index (χ2n) is 4.86. The smallest absolute Gasteiger partial charge is 0.0674 e. The van der Waals surface area contributed by atoms with E-state index < -0.39 is 0 Å². The molecule has 3 aromatic rings. The van der Waals surface area contributed by atoms with Crippen LogP contribution in [-0.4, -0.2) is 17.0 Å². The molecule has 1 unspecified atom stereocenters. The average molecular weight is 379 g/mol. The lowest BCUT2D eigenvalue weighted by atomic mass is 10.1. The van der Waals surface area contributed by atoms with E-state index >= 15 is 0 Å². The summed E-state index contributed by atoms with van der Waals surface area (Å²) in [5.41, 5.74) is 1.25. The molecule has 1 N–H and O–H groups in total. The minimum absolute atomic E-state index is 0.333. The van der Waals surface area contributed by atoms with Crippen molar-refractivity contribution in [1.82, 2.24) is 0 Å². The molecule has 2 aromatic carbocycles. The maximum Gasteiger partial charge on any atom is 0.0674 e. The molecule has 1 heterocycles. The van der Waals surface area contributed by atoms with Crippen molar-refractivity contribution >= 4 is 49.1 Å². The summed E-state index contributed by atoms with van der Waals surface area (Å²) >= 11 is 6.98. The number of aliphatic hydroxyl groups excluding tert-OH is 1. The normalized spacial score (nSPS) is 12.7. The lowest BCUT2D eigenvalue weighted by molar-refractivity contribution is 0.200. The first-order valence-corrected chi connectivity index (χ1v) is 9.40. The van der Waals surface area contributed by atoms with Gasteiger partial charge >= 0.3 is 0 Å². The fraction of sp³-hybridized carbons (Fsp3) is 0.176. The van der Waals surface area contributed by atoms with Crippen molar-refractivity contribution in [3.8, 4) is 0 Å². The molecule has 0 aliphatic heterocycles. The van der Waals surface area contributed by atoms with Crippen molar-refractivity contribution in [3.63, 3.8) is 0 Å². The summed E-state index contributed by atoms with van der Waals surface area (Å²) in [7, 11) is 0. The van der Waals surface area contributed by atoms with Gasteiger partial charge in [-0.15, -0.1) is 23.1 Å². The number of rotatable bonds is 5. The minimum Gasteiger partial charge on any atom is -0.392 e. The van der Waals surface area contributed by atoms with Gasteiger partial charge in [-0.25, -0.2) is 0 Å². The predicted octanol–water partition coefficient (Wildman–Crippen LogP) is 5.36. The Morgan fingerprint density at radius 2 is 1.86 bits per heavy atom. The Morgan fingerprint density at radius 1 is 1.10 bits per heavy atom. The van der Waals surface area contributed by atoms with Crippen LogP contribution in [0.25, 0.3) is 10.1 Å². The largest absolute Gasteiger partial charge is 0.392 e. The maximum atomic E-state index is 10.3. The summed E-state index contributed by atoms with van der Waals surface area (Å²) in [6.07, 6.45) is 0.377. The zero-order chi connectivity index (χ0) is 14.7. The van der Waals surface area contributed by atoms with Crippen LogP contribution in [-0.2, 0) is 6.42 Å². The molecule has 0 amide bonds. The van der Waals surface area contributed by atoms with Gasteiger partial charge in [-0.1, -0.05) is 30.3 Å².